The quantitative estimate of drug-likeness (QED) is 0.837. The van der Waals surface area contributed by atoms with Crippen LogP contribution < -0.4 is 4.72 Å². The SMILES string of the molecule is Cc1c(Cl)cccc1NS(=O)(=O)N(C)CCCO. The normalized spacial score (nSPS) is 11.8. The molecule has 0 fully saturated rings. The first-order valence-electron chi connectivity index (χ1n) is 5.48. The third kappa shape index (κ3) is 3.84. The van der Waals surface area contributed by atoms with E-state index >= 15 is 0 Å². The van der Waals surface area contributed by atoms with Gasteiger partial charge in [-0.2, -0.15) is 12.7 Å². The van der Waals surface area contributed by atoms with Crippen LogP contribution in [0.3, 0.4) is 0 Å². The van der Waals surface area contributed by atoms with E-state index in [0.29, 0.717) is 22.7 Å². The number of hydrogen-bond donors (Lipinski definition) is 2. The van der Waals surface area contributed by atoms with Gasteiger partial charge in [-0.15, -0.1) is 0 Å². The van der Waals surface area contributed by atoms with E-state index in [1.54, 1.807) is 25.1 Å². The fourth-order valence-corrected chi connectivity index (χ4v) is 2.55. The van der Waals surface area contributed by atoms with Gasteiger partial charge in [-0.05, 0) is 31.0 Å². The van der Waals surface area contributed by atoms with Crippen LogP contribution in [-0.4, -0.2) is 38.0 Å². The lowest BCUT2D eigenvalue weighted by atomic mass is 10.2. The fourth-order valence-electron chi connectivity index (χ4n) is 1.35. The molecule has 2 N–H and O–H groups in total. The zero-order valence-corrected chi connectivity index (χ0v) is 11.9. The molecule has 102 valence electrons. The van der Waals surface area contributed by atoms with Crippen LogP contribution in [0.2, 0.25) is 5.02 Å². The molecule has 5 nitrogen and oxygen atoms in total. The molecule has 0 aromatic heterocycles. The van der Waals surface area contributed by atoms with Crippen LogP contribution in [0, 0.1) is 6.92 Å². The molecule has 0 unspecified atom stereocenters. The molecule has 0 aliphatic heterocycles. The Morgan fingerprint density at radius 3 is 2.72 bits per heavy atom. The predicted octanol–water partition coefficient (Wildman–Crippen LogP) is 1.62. The van der Waals surface area contributed by atoms with Crippen molar-refractivity contribution in [2.24, 2.45) is 0 Å². The van der Waals surface area contributed by atoms with Crippen molar-refractivity contribution < 1.29 is 13.5 Å². The molecule has 0 heterocycles. The molecule has 1 rings (SSSR count). The molecule has 0 amide bonds. The van der Waals surface area contributed by atoms with Gasteiger partial charge >= 0.3 is 10.2 Å². The molecule has 0 saturated heterocycles. The van der Waals surface area contributed by atoms with Crippen molar-refractivity contribution in [3.8, 4) is 0 Å². The summed E-state index contributed by atoms with van der Waals surface area (Å²) >= 11 is 5.92. The van der Waals surface area contributed by atoms with Crippen LogP contribution >= 0.6 is 11.6 Å². The predicted molar refractivity (Wildman–Crippen MR) is 73.1 cm³/mol. The number of aliphatic hydroxyl groups excluding tert-OH is 1. The Labute approximate surface area is 113 Å². The number of nitrogens with one attached hydrogen (secondary N) is 1. The van der Waals surface area contributed by atoms with E-state index in [1.807, 2.05) is 0 Å². The Kier molecular flexibility index (Phi) is 5.40. The monoisotopic (exact) mass is 292 g/mol. The topological polar surface area (TPSA) is 69.6 Å². The molecule has 1 aromatic carbocycles. The second kappa shape index (κ2) is 6.38. The van der Waals surface area contributed by atoms with Gasteiger partial charge in [0, 0.05) is 25.2 Å². The van der Waals surface area contributed by atoms with Crippen LogP contribution in [0.1, 0.15) is 12.0 Å². The number of anilines is 1. The van der Waals surface area contributed by atoms with Crippen molar-refractivity contribution in [3.63, 3.8) is 0 Å². The minimum Gasteiger partial charge on any atom is -0.396 e. The van der Waals surface area contributed by atoms with Crippen molar-refractivity contribution >= 4 is 27.5 Å². The van der Waals surface area contributed by atoms with Crippen LogP contribution in [0.25, 0.3) is 0 Å². The van der Waals surface area contributed by atoms with Crippen molar-refractivity contribution in [1.29, 1.82) is 0 Å². The summed E-state index contributed by atoms with van der Waals surface area (Å²) in [5.41, 5.74) is 1.14. The highest BCUT2D eigenvalue weighted by Gasteiger charge is 2.18. The van der Waals surface area contributed by atoms with Gasteiger partial charge in [0.1, 0.15) is 0 Å². The Hall–Kier alpha value is -0.820. The Morgan fingerprint density at radius 2 is 2.11 bits per heavy atom. The van der Waals surface area contributed by atoms with Crippen LogP contribution in [0.15, 0.2) is 18.2 Å². The van der Waals surface area contributed by atoms with Gasteiger partial charge in [0.25, 0.3) is 0 Å². The Bertz CT molecular complexity index is 505. The zero-order chi connectivity index (χ0) is 13.8. The van der Waals surface area contributed by atoms with E-state index in [-0.39, 0.29) is 13.2 Å². The molecule has 0 saturated carbocycles. The summed E-state index contributed by atoms with van der Waals surface area (Å²) in [4.78, 5) is 0. The summed E-state index contributed by atoms with van der Waals surface area (Å²) in [6.45, 7) is 1.95. The molecule has 0 aliphatic carbocycles. The lowest BCUT2D eigenvalue weighted by Gasteiger charge is -2.19. The molecular formula is C11H17ClN2O3S. The molecule has 1 aromatic rings. The molecule has 0 spiro atoms. The molecule has 7 heteroatoms. The maximum atomic E-state index is 12.0. The van der Waals surface area contributed by atoms with E-state index in [1.165, 1.54) is 7.05 Å². The number of halogens is 1. The minimum absolute atomic E-state index is 0.0456. The summed E-state index contributed by atoms with van der Waals surface area (Å²) in [6.07, 6.45) is 0.395. The second-order valence-corrected chi connectivity index (χ2v) is 6.10. The second-order valence-electron chi connectivity index (χ2n) is 3.92. The van der Waals surface area contributed by atoms with Crippen LogP contribution in [0.5, 0.6) is 0 Å². The van der Waals surface area contributed by atoms with Gasteiger partial charge in [0.15, 0.2) is 0 Å². The smallest absolute Gasteiger partial charge is 0.301 e. The number of aliphatic hydroxyl groups is 1. The summed E-state index contributed by atoms with van der Waals surface area (Å²) in [7, 11) is -2.16. The summed E-state index contributed by atoms with van der Waals surface area (Å²) < 4.78 is 27.5. The lowest BCUT2D eigenvalue weighted by molar-refractivity contribution is 0.276. The number of benzene rings is 1. The van der Waals surface area contributed by atoms with Gasteiger partial charge in [-0.3, -0.25) is 4.72 Å². The average molecular weight is 293 g/mol. The van der Waals surface area contributed by atoms with E-state index < -0.39 is 10.2 Å². The molecule has 0 atom stereocenters. The van der Waals surface area contributed by atoms with Crippen molar-refractivity contribution in [2.45, 2.75) is 13.3 Å². The summed E-state index contributed by atoms with van der Waals surface area (Å²) in [5.74, 6) is 0. The fraction of sp³-hybridized carbons (Fsp3) is 0.455. The first kappa shape index (κ1) is 15.2. The van der Waals surface area contributed by atoms with Crippen LogP contribution in [-0.2, 0) is 10.2 Å². The van der Waals surface area contributed by atoms with Gasteiger partial charge in [-0.1, -0.05) is 17.7 Å². The minimum atomic E-state index is -3.61. The number of nitrogens with zero attached hydrogens (tertiary/aromatic N) is 1. The molecular weight excluding hydrogens is 276 g/mol. The van der Waals surface area contributed by atoms with E-state index in [4.69, 9.17) is 16.7 Å². The first-order chi connectivity index (χ1) is 8.38. The zero-order valence-electron chi connectivity index (χ0n) is 10.4. The average Bonchev–Trinajstić information content (AvgIpc) is 2.31. The number of rotatable bonds is 6. The molecule has 0 radical (unpaired) electrons. The van der Waals surface area contributed by atoms with E-state index in [9.17, 15) is 8.42 Å². The highest BCUT2D eigenvalue weighted by Crippen LogP contribution is 2.24. The Balaban J connectivity index is 2.85. The maximum Gasteiger partial charge on any atom is 0.301 e. The lowest BCUT2D eigenvalue weighted by Crippen LogP contribution is -2.33. The summed E-state index contributed by atoms with van der Waals surface area (Å²) in [5, 5.41) is 9.20. The van der Waals surface area contributed by atoms with Crippen LogP contribution in [0.4, 0.5) is 5.69 Å². The van der Waals surface area contributed by atoms with Crippen molar-refractivity contribution in [1.82, 2.24) is 4.31 Å². The third-order valence-electron chi connectivity index (χ3n) is 2.55. The summed E-state index contributed by atoms with van der Waals surface area (Å²) in [6, 6.07) is 5.03. The third-order valence-corrected chi connectivity index (χ3v) is 4.44. The van der Waals surface area contributed by atoms with Gasteiger partial charge in [0.05, 0.1) is 5.69 Å². The largest absolute Gasteiger partial charge is 0.396 e. The van der Waals surface area contributed by atoms with Crippen molar-refractivity contribution in [2.75, 3.05) is 24.9 Å². The first-order valence-corrected chi connectivity index (χ1v) is 7.30. The molecule has 0 aliphatic rings. The maximum absolute atomic E-state index is 12.0. The highest BCUT2D eigenvalue weighted by molar-refractivity contribution is 7.90. The van der Waals surface area contributed by atoms with Gasteiger partial charge in [-0.25, -0.2) is 0 Å². The molecule has 0 bridgehead atoms. The number of hydrogen-bond acceptors (Lipinski definition) is 3. The highest BCUT2D eigenvalue weighted by atomic mass is 35.5. The van der Waals surface area contributed by atoms with E-state index in [0.717, 1.165) is 4.31 Å². The van der Waals surface area contributed by atoms with E-state index in [2.05, 4.69) is 4.72 Å². The molecule has 18 heavy (non-hydrogen) atoms. The van der Waals surface area contributed by atoms with Gasteiger partial charge < -0.3 is 5.11 Å². The van der Waals surface area contributed by atoms with Gasteiger partial charge in [0.2, 0.25) is 0 Å². The van der Waals surface area contributed by atoms with Crippen molar-refractivity contribution in [3.05, 3.63) is 28.8 Å². The Morgan fingerprint density at radius 1 is 1.44 bits per heavy atom. The standard InChI is InChI=1S/C11H17ClN2O3S/c1-9-10(12)5-3-6-11(9)13-18(16,17)14(2)7-4-8-15/h3,5-6,13,15H,4,7-8H2,1-2H3.